The fourth-order valence-electron chi connectivity index (χ4n) is 2.92. The third-order valence-corrected chi connectivity index (χ3v) is 4.39. The second-order valence-corrected chi connectivity index (χ2v) is 6.60. The van der Waals surface area contributed by atoms with E-state index in [2.05, 4.69) is 11.7 Å². The number of unbranched alkanes of at least 4 members (excludes halogenated alkanes) is 11. The lowest BCUT2D eigenvalue weighted by Gasteiger charge is -2.24. The number of carbonyl (C=O) groups excluding carboxylic acids is 1. The Balaban J connectivity index is 3.51. The van der Waals surface area contributed by atoms with Gasteiger partial charge in [0.05, 0.1) is 13.7 Å². The van der Waals surface area contributed by atoms with Gasteiger partial charge in [-0.15, -0.1) is 0 Å². The highest BCUT2D eigenvalue weighted by Gasteiger charge is 2.36. The second-order valence-electron chi connectivity index (χ2n) is 6.60. The Labute approximate surface area is 142 Å². The summed E-state index contributed by atoms with van der Waals surface area (Å²) in [5, 5.41) is 10.2. The van der Waals surface area contributed by atoms with E-state index in [1.54, 1.807) is 0 Å². The maximum absolute atomic E-state index is 11.6. The number of hydrogen-bond donors (Lipinski definition) is 1. The monoisotopic (exact) mass is 330 g/mol. The summed E-state index contributed by atoms with van der Waals surface area (Å²) in [6, 6.07) is 0. The molecule has 0 aromatic rings. The molecule has 0 fully saturated rings. The summed E-state index contributed by atoms with van der Waals surface area (Å²) >= 11 is 0. The Hall–Kier alpha value is -0.610. The van der Waals surface area contributed by atoms with Crippen LogP contribution in [0.25, 0.3) is 0 Å². The molecular weight excluding hydrogens is 292 g/mol. The molecule has 138 valence electrons. The summed E-state index contributed by atoms with van der Waals surface area (Å²) in [5.74, 6) is -0.595. The van der Waals surface area contributed by atoms with Crippen molar-refractivity contribution in [3.8, 4) is 0 Å². The first-order chi connectivity index (χ1) is 11.1. The molecule has 4 heteroatoms. The van der Waals surface area contributed by atoms with E-state index >= 15 is 0 Å². The summed E-state index contributed by atoms with van der Waals surface area (Å²) in [4.78, 5) is 11.6. The fourth-order valence-corrected chi connectivity index (χ4v) is 2.92. The van der Waals surface area contributed by atoms with Gasteiger partial charge in [-0.3, -0.25) is 0 Å². The predicted octanol–water partition coefficient (Wildman–Crippen LogP) is 4.63. The van der Waals surface area contributed by atoms with Crippen LogP contribution in [-0.4, -0.2) is 37.5 Å². The topological polar surface area (TPSA) is 55.8 Å². The third-order valence-electron chi connectivity index (χ3n) is 4.39. The van der Waals surface area contributed by atoms with E-state index < -0.39 is 11.6 Å². The minimum atomic E-state index is -1.48. The number of carbonyl (C=O) groups is 1. The standard InChI is InChI=1S/C19H38O4/c1-4-5-6-7-8-9-10-11-12-13-14-15-16-19(21,17-22-2)18(20)23-3/h21H,4-17H2,1-3H3/t19-/m0/s1. The van der Waals surface area contributed by atoms with Crippen LogP contribution in [0.5, 0.6) is 0 Å². The molecule has 4 nitrogen and oxygen atoms in total. The molecule has 1 N–H and O–H groups in total. The van der Waals surface area contributed by atoms with Gasteiger partial charge in [-0.1, -0.05) is 77.6 Å². The molecule has 0 aliphatic rings. The molecule has 0 aromatic carbocycles. The first-order valence-electron chi connectivity index (χ1n) is 9.40. The third kappa shape index (κ3) is 11.5. The number of hydrogen-bond acceptors (Lipinski definition) is 4. The zero-order valence-corrected chi connectivity index (χ0v) is 15.6. The quantitative estimate of drug-likeness (QED) is 0.331. The lowest BCUT2D eigenvalue weighted by atomic mass is 9.96. The average molecular weight is 331 g/mol. The molecule has 0 rings (SSSR count). The normalized spacial score (nSPS) is 13.7. The van der Waals surface area contributed by atoms with Crippen molar-refractivity contribution < 1.29 is 19.4 Å². The molecule has 0 spiro atoms. The summed E-state index contributed by atoms with van der Waals surface area (Å²) in [6.45, 7) is 2.25. The highest BCUT2D eigenvalue weighted by atomic mass is 16.5. The van der Waals surface area contributed by atoms with Gasteiger partial charge in [0.2, 0.25) is 0 Å². The van der Waals surface area contributed by atoms with E-state index in [0.29, 0.717) is 6.42 Å². The van der Waals surface area contributed by atoms with Crippen LogP contribution in [0, 0.1) is 0 Å². The van der Waals surface area contributed by atoms with E-state index in [1.165, 1.54) is 78.4 Å². The lowest BCUT2D eigenvalue weighted by molar-refractivity contribution is -0.169. The van der Waals surface area contributed by atoms with Gasteiger partial charge in [0, 0.05) is 7.11 Å². The second kappa shape index (κ2) is 14.9. The molecule has 0 bridgehead atoms. The Kier molecular flexibility index (Phi) is 14.6. The first-order valence-corrected chi connectivity index (χ1v) is 9.40. The van der Waals surface area contributed by atoms with Crippen molar-refractivity contribution in [1.82, 2.24) is 0 Å². The van der Waals surface area contributed by atoms with Gasteiger partial charge in [-0.2, -0.15) is 0 Å². The summed E-state index contributed by atoms with van der Waals surface area (Å²) in [7, 11) is 2.78. The Bertz CT molecular complexity index is 281. The molecule has 0 heterocycles. The van der Waals surface area contributed by atoms with E-state index in [4.69, 9.17) is 4.74 Å². The van der Waals surface area contributed by atoms with Crippen molar-refractivity contribution in [2.24, 2.45) is 0 Å². The minimum Gasteiger partial charge on any atom is -0.467 e. The van der Waals surface area contributed by atoms with Crippen LogP contribution < -0.4 is 0 Å². The molecule has 0 aromatic heterocycles. The minimum absolute atomic E-state index is 0.00228. The van der Waals surface area contributed by atoms with Crippen molar-refractivity contribution >= 4 is 5.97 Å². The van der Waals surface area contributed by atoms with E-state index in [-0.39, 0.29) is 6.61 Å². The Morgan fingerprint density at radius 3 is 1.65 bits per heavy atom. The van der Waals surface area contributed by atoms with Gasteiger partial charge >= 0.3 is 5.97 Å². The van der Waals surface area contributed by atoms with E-state index in [0.717, 1.165) is 12.8 Å². The van der Waals surface area contributed by atoms with Crippen molar-refractivity contribution in [1.29, 1.82) is 0 Å². The van der Waals surface area contributed by atoms with Crippen molar-refractivity contribution in [3.63, 3.8) is 0 Å². The zero-order chi connectivity index (χ0) is 17.4. The SMILES string of the molecule is CCCCCCCCCCCCCC[C@](O)(COC)C(=O)OC. The van der Waals surface area contributed by atoms with Gasteiger partial charge in [0.15, 0.2) is 5.60 Å². The molecule has 0 saturated carbocycles. The Morgan fingerprint density at radius 1 is 0.826 bits per heavy atom. The lowest BCUT2D eigenvalue weighted by Crippen LogP contribution is -2.43. The van der Waals surface area contributed by atoms with Crippen molar-refractivity contribution in [3.05, 3.63) is 0 Å². The smallest absolute Gasteiger partial charge is 0.340 e. The van der Waals surface area contributed by atoms with Crippen LogP contribution in [-0.2, 0) is 14.3 Å². The van der Waals surface area contributed by atoms with E-state index in [1.807, 2.05) is 0 Å². The van der Waals surface area contributed by atoms with Gasteiger partial charge in [-0.25, -0.2) is 4.79 Å². The molecule has 0 aliphatic carbocycles. The predicted molar refractivity (Wildman–Crippen MR) is 94.5 cm³/mol. The molecule has 0 saturated heterocycles. The maximum Gasteiger partial charge on any atom is 0.340 e. The molecule has 23 heavy (non-hydrogen) atoms. The van der Waals surface area contributed by atoms with E-state index in [9.17, 15) is 9.90 Å². The highest BCUT2D eigenvalue weighted by Crippen LogP contribution is 2.19. The molecule has 0 radical (unpaired) electrons. The van der Waals surface area contributed by atoms with Crippen molar-refractivity contribution in [2.75, 3.05) is 20.8 Å². The molecular formula is C19H38O4. The van der Waals surface area contributed by atoms with Gasteiger partial charge in [0.1, 0.15) is 0 Å². The largest absolute Gasteiger partial charge is 0.467 e. The summed E-state index contributed by atoms with van der Waals surface area (Å²) in [6.07, 6.45) is 15.5. The van der Waals surface area contributed by atoms with Crippen LogP contribution in [0.1, 0.15) is 90.4 Å². The first kappa shape index (κ1) is 22.4. The van der Waals surface area contributed by atoms with Crippen LogP contribution >= 0.6 is 0 Å². The van der Waals surface area contributed by atoms with Gasteiger partial charge < -0.3 is 14.6 Å². The molecule has 0 aliphatic heterocycles. The number of rotatable bonds is 16. The maximum atomic E-state index is 11.6. The van der Waals surface area contributed by atoms with Crippen LogP contribution in [0.15, 0.2) is 0 Å². The number of ether oxygens (including phenoxy) is 2. The molecule has 0 amide bonds. The zero-order valence-electron chi connectivity index (χ0n) is 15.6. The number of methoxy groups -OCH3 is 2. The Morgan fingerprint density at radius 2 is 1.26 bits per heavy atom. The van der Waals surface area contributed by atoms with Crippen LogP contribution in [0.2, 0.25) is 0 Å². The van der Waals surface area contributed by atoms with Crippen molar-refractivity contribution in [2.45, 2.75) is 96.0 Å². The highest BCUT2D eigenvalue weighted by molar-refractivity contribution is 5.79. The number of aliphatic hydroxyl groups is 1. The van der Waals surface area contributed by atoms with Crippen LogP contribution in [0.4, 0.5) is 0 Å². The molecule has 0 unspecified atom stereocenters. The van der Waals surface area contributed by atoms with Gasteiger partial charge in [-0.05, 0) is 12.8 Å². The molecule has 1 atom stereocenters. The summed E-state index contributed by atoms with van der Waals surface area (Å²) in [5.41, 5.74) is -1.48. The average Bonchev–Trinajstić information content (AvgIpc) is 2.55. The van der Waals surface area contributed by atoms with Crippen LogP contribution in [0.3, 0.4) is 0 Å². The fraction of sp³-hybridized carbons (Fsp3) is 0.947. The summed E-state index contributed by atoms with van der Waals surface area (Å²) < 4.78 is 9.59. The number of esters is 1. The van der Waals surface area contributed by atoms with Gasteiger partial charge in [0.25, 0.3) is 0 Å².